The highest BCUT2D eigenvalue weighted by atomic mass is 16.5. The minimum absolute atomic E-state index is 0.0169. The van der Waals surface area contributed by atoms with E-state index in [2.05, 4.69) is 51.2 Å². The molecule has 7 nitrogen and oxygen atoms in total. The molecule has 1 N–H and O–H groups in total. The second kappa shape index (κ2) is 9.10. The molecule has 1 saturated heterocycles. The van der Waals surface area contributed by atoms with Gasteiger partial charge in [-0.3, -0.25) is 9.89 Å². The van der Waals surface area contributed by atoms with Crippen LogP contribution in [0.25, 0.3) is 0 Å². The molecule has 1 aliphatic rings. The lowest BCUT2D eigenvalue weighted by molar-refractivity contribution is 0.168. The number of aliphatic imine (C=N–C) groups is 1. The van der Waals surface area contributed by atoms with E-state index in [1.54, 1.807) is 13.4 Å². The number of guanidine groups is 1. The van der Waals surface area contributed by atoms with Crippen molar-refractivity contribution in [2.45, 2.75) is 25.8 Å². The van der Waals surface area contributed by atoms with Gasteiger partial charge in [0, 0.05) is 57.8 Å². The fourth-order valence-electron chi connectivity index (χ4n) is 3.44. The summed E-state index contributed by atoms with van der Waals surface area (Å²) in [5.74, 6) is 1.84. The lowest BCUT2D eigenvalue weighted by atomic mass is 9.84. The van der Waals surface area contributed by atoms with Gasteiger partial charge in [0.15, 0.2) is 5.96 Å². The average molecular weight is 386 g/mol. The summed E-state index contributed by atoms with van der Waals surface area (Å²) in [6.45, 7) is 9.98. The second-order valence-electron chi connectivity index (χ2n) is 7.77. The van der Waals surface area contributed by atoms with E-state index in [0.29, 0.717) is 0 Å². The first-order valence-electron chi connectivity index (χ1n) is 9.73. The third-order valence-corrected chi connectivity index (χ3v) is 5.32. The van der Waals surface area contributed by atoms with Crippen LogP contribution in [0.2, 0.25) is 0 Å². The quantitative estimate of drug-likeness (QED) is 0.608. The molecule has 2 heterocycles. The summed E-state index contributed by atoms with van der Waals surface area (Å²) < 4.78 is 10.2. The van der Waals surface area contributed by atoms with Crippen molar-refractivity contribution in [3.8, 4) is 5.75 Å². The number of hydrogen-bond donors (Lipinski definition) is 1. The smallest absolute Gasteiger partial charge is 0.193 e. The maximum atomic E-state index is 5.26. The van der Waals surface area contributed by atoms with E-state index in [1.165, 1.54) is 5.56 Å². The molecule has 28 heavy (non-hydrogen) atoms. The maximum absolute atomic E-state index is 5.26. The number of nitrogens with one attached hydrogen (secondary N) is 1. The molecule has 1 fully saturated rings. The molecular weight excluding hydrogens is 354 g/mol. The van der Waals surface area contributed by atoms with Gasteiger partial charge >= 0.3 is 0 Å². The molecule has 7 heteroatoms. The van der Waals surface area contributed by atoms with Crippen LogP contribution in [0.4, 0.5) is 0 Å². The van der Waals surface area contributed by atoms with Gasteiger partial charge in [-0.1, -0.05) is 31.1 Å². The van der Waals surface area contributed by atoms with Crippen molar-refractivity contribution >= 4 is 5.96 Å². The van der Waals surface area contributed by atoms with E-state index in [0.717, 1.165) is 56.7 Å². The molecule has 0 radical (unpaired) electrons. The van der Waals surface area contributed by atoms with E-state index in [1.807, 2.05) is 25.2 Å². The number of ether oxygens (including phenoxy) is 1. The van der Waals surface area contributed by atoms with Crippen LogP contribution in [0.5, 0.6) is 5.75 Å². The number of hydrogen-bond acceptors (Lipinski definition) is 5. The molecule has 0 aliphatic carbocycles. The number of methoxy groups -OCH3 is 1. The molecule has 0 spiro atoms. The fourth-order valence-corrected chi connectivity index (χ4v) is 3.44. The van der Waals surface area contributed by atoms with Crippen LogP contribution < -0.4 is 10.1 Å². The Balaban J connectivity index is 1.51. The van der Waals surface area contributed by atoms with Gasteiger partial charge in [-0.25, -0.2) is 0 Å². The van der Waals surface area contributed by atoms with Crippen molar-refractivity contribution in [3.63, 3.8) is 0 Å². The predicted molar refractivity (Wildman–Crippen MR) is 111 cm³/mol. The van der Waals surface area contributed by atoms with Gasteiger partial charge in [0.1, 0.15) is 12.0 Å². The summed E-state index contributed by atoms with van der Waals surface area (Å²) in [5, 5.41) is 7.57. The van der Waals surface area contributed by atoms with Crippen molar-refractivity contribution < 1.29 is 9.26 Å². The number of nitrogens with zero attached hydrogens (tertiary/aromatic N) is 4. The zero-order chi connectivity index (χ0) is 20.0. The number of piperazine rings is 1. The summed E-state index contributed by atoms with van der Waals surface area (Å²) in [7, 11) is 3.54. The minimum atomic E-state index is -0.0169. The minimum Gasteiger partial charge on any atom is -0.497 e. The molecule has 0 bridgehead atoms. The molecular formula is C21H31N5O2. The van der Waals surface area contributed by atoms with Gasteiger partial charge in [-0.05, 0) is 17.7 Å². The highest BCUT2D eigenvalue weighted by molar-refractivity contribution is 5.80. The van der Waals surface area contributed by atoms with E-state index < -0.39 is 0 Å². The third-order valence-electron chi connectivity index (χ3n) is 5.32. The van der Waals surface area contributed by atoms with Gasteiger partial charge < -0.3 is 19.5 Å². The largest absolute Gasteiger partial charge is 0.497 e. The molecule has 0 saturated carbocycles. The highest BCUT2D eigenvalue weighted by Gasteiger charge is 2.24. The Morgan fingerprint density at radius 3 is 2.46 bits per heavy atom. The standard InChI is InChI=1S/C21H31N5O2/c1-21(2,17-5-7-19(27-4)8-6-17)16-23-20(22-3)26-12-10-25(11-13-26)15-18-9-14-28-24-18/h5-9,14H,10-13,15-16H2,1-4H3,(H,22,23). The van der Waals surface area contributed by atoms with Crippen molar-refractivity contribution in [1.29, 1.82) is 0 Å². The summed E-state index contributed by atoms with van der Waals surface area (Å²) in [5.41, 5.74) is 2.24. The Labute approximate surface area is 167 Å². The molecule has 0 atom stereocenters. The second-order valence-corrected chi connectivity index (χ2v) is 7.77. The van der Waals surface area contributed by atoms with Crippen LogP contribution in [0.3, 0.4) is 0 Å². The van der Waals surface area contributed by atoms with E-state index in [9.17, 15) is 0 Å². The Morgan fingerprint density at radius 2 is 1.89 bits per heavy atom. The monoisotopic (exact) mass is 385 g/mol. The first-order valence-corrected chi connectivity index (χ1v) is 9.73. The SMILES string of the molecule is CN=C(NCC(C)(C)c1ccc(OC)cc1)N1CCN(Cc2ccon2)CC1. The molecule has 1 aromatic heterocycles. The lowest BCUT2D eigenvalue weighted by Crippen LogP contribution is -2.53. The Bertz CT molecular complexity index is 748. The van der Waals surface area contributed by atoms with Crippen LogP contribution in [0.1, 0.15) is 25.1 Å². The molecule has 1 aliphatic heterocycles. The fraction of sp³-hybridized carbons (Fsp3) is 0.524. The zero-order valence-electron chi connectivity index (χ0n) is 17.3. The van der Waals surface area contributed by atoms with Crippen molar-refractivity contribution in [2.24, 2.45) is 4.99 Å². The van der Waals surface area contributed by atoms with Crippen LogP contribution in [-0.4, -0.2) is 67.8 Å². The molecule has 0 amide bonds. The predicted octanol–water partition coefficient (Wildman–Crippen LogP) is 2.35. The normalized spacial score (nSPS) is 16.3. The summed E-state index contributed by atoms with van der Waals surface area (Å²) in [6.07, 6.45) is 1.63. The Kier molecular flexibility index (Phi) is 6.57. The molecule has 2 aromatic rings. The maximum Gasteiger partial charge on any atom is 0.193 e. The average Bonchev–Trinajstić information content (AvgIpc) is 3.22. The molecule has 3 rings (SSSR count). The van der Waals surface area contributed by atoms with Crippen molar-refractivity contribution in [2.75, 3.05) is 46.9 Å². The van der Waals surface area contributed by atoms with Gasteiger partial charge in [-0.2, -0.15) is 0 Å². The highest BCUT2D eigenvalue weighted by Crippen LogP contribution is 2.24. The van der Waals surface area contributed by atoms with Crippen molar-refractivity contribution in [3.05, 3.63) is 47.9 Å². The number of benzene rings is 1. The van der Waals surface area contributed by atoms with E-state index in [-0.39, 0.29) is 5.41 Å². The number of rotatable bonds is 6. The summed E-state index contributed by atoms with van der Waals surface area (Å²) in [6, 6.07) is 10.2. The summed E-state index contributed by atoms with van der Waals surface area (Å²) >= 11 is 0. The lowest BCUT2D eigenvalue weighted by Gasteiger charge is -2.37. The van der Waals surface area contributed by atoms with Crippen LogP contribution in [-0.2, 0) is 12.0 Å². The van der Waals surface area contributed by atoms with Gasteiger partial charge in [0.2, 0.25) is 0 Å². The third kappa shape index (κ3) is 5.04. The Hall–Kier alpha value is -2.54. The van der Waals surface area contributed by atoms with Crippen LogP contribution in [0.15, 0.2) is 46.1 Å². The molecule has 1 aromatic carbocycles. The van der Waals surface area contributed by atoms with E-state index in [4.69, 9.17) is 9.26 Å². The van der Waals surface area contributed by atoms with E-state index >= 15 is 0 Å². The zero-order valence-corrected chi connectivity index (χ0v) is 17.3. The summed E-state index contributed by atoms with van der Waals surface area (Å²) in [4.78, 5) is 9.22. The van der Waals surface area contributed by atoms with Gasteiger partial charge in [-0.15, -0.1) is 0 Å². The first-order chi connectivity index (χ1) is 13.5. The van der Waals surface area contributed by atoms with Crippen LogP contribution in [0, 0.1) is 0 Å². The molecule has 152 valence electrons. The number of aromatic nitrogens is 1. The van der Waals surface area contributed by atoms with Gasteiger partial charge in [0.05, 0.1) is 12.8 Å². The van der Waals surface area contributed by atoms with Gasteiger partial charge in [0.25, 0.3) is 0 Å². The van der Waals surface area contributed by atoms with Crippen LogP contribution >= 0.6 is 0 Å². The first kappa shape index (κ1) is 20.2. The topological polar surface area (TPSA) is 66.1 Å². The van der Waals surface area contributed by atoms with Crippen molar-refractivity contribution in [1.82, 2.24) is 20.3 Å². The molecule has 0 unspecified atom stereocenters. The Morgan fingerprint density at radius 1 is 1.18 bits per heavy atom.